The van der Waals surface area contributed by atoms with Gasteiger partial charge in [-0.3, -0.25) is 0 Å². The third kappa shape index (κ3) is 2.37. The lowest BCUT2D eigenvalue weighted by Crippen LogP contribution is -2.41. The molecule has 0 aromatic heterocycles. The highest BCUT2D eigenvalue weighted by Crippen LogP contribution is 2.36. The Morgan fingerprint density at radius 3 is 2.24 bits per heavy atom. The van der Waals surface area contributed by atoms with Gasteiger partial charge in [-0.05, 0) is 38.7 Å². The van der Waals surface area contributed by atoms with Crippen molar-refractivity contribution in [3.63, 3.8) is 0 Å². The van der Waals surface area contributed by atoms with E-state index >= 15 is 0 Å². The van der Waals surface area contributed by atoms with Crippen molar-refractivity contribution in [1.82, 2.24) is 0 Å². The molecule has 1 aromatic carbocycles. The quantitative estimate of drug-likeness (QED) is 0.595. The van der Waals surface area contributed by atoms with E-state index in [4.69, 9.17) is 20.9 Å². The predicted octanol–water partition coefficient (Wildman–Crippen LogP) is 2.72. The number of hydrogen-bond acceptors (Lipinski definition) is 2. The Balaban J connectivity index is 2.25. The summed E-state index contributed by atoms with van der Waals surface area (Å²) >= 11 is 5.84. The fraction of sp³-hybridized carbons (Fsp3) is 0.538. The van der Waals surface area contributed by atoms with Crippen LogP contribution in [0.5, 0.6) is 0 Å². The van der Waals surface area contributed by atoms with Gasteiger partial charge >= 0.3 is 7.12 Å². The maximum absolute atomic E-state index is 5.98. The Bertz CT molecular complexity index is 402. The highest BCUT2D eigenvalue weighted by atomic mass is 35.5. The lowest BCUT2D eigenvalue weighted by atomic mass is 9.78. The van der Waals surface area contributed by atoms with Crippen molar-refractivity contribution >= 4 is 24.2 Å². The normalized spacial score (nSPS) is 21.8. The largest absolute Gasteiger partial charge is 0.494 e. The van der Waals surface area contributed by atoms with Crippen LogP contribution in [0.15, 0.2) is 24.3 Å². The molecule has 1 aliphatic heterocycles. The van der Waals surface area contributed by atoms with Crippen LogP contribution < -0.4 is 5.46 Å². The third-order valence-corrected chi connectivity index (χ3v) is 3.94. The van der Waals surface area contributed by atoms with Gasteiger partial charge < -0.3 is 9.31 Å². The topological polar surface area (TPSA) is 18.5 Å². The van der Waals surface area contributed by atoms with Crippen molar-refractivity contribution < 1.29 is 9.31 Å². The second-order valence-corrected chi connectivity index (χ2v) is 5.73. The monoisotopic (exact) mass is 252 g/mol. The molecule has 0 amide bonds. The van der Waals surface area contributed by atoms with Crippen LogP contribution in [0.2, 0.25) is 0 Å². The third-order valence-electron chi connectivity index (χ3n) is 3.63. The first-order chi connectivity index (χ1) is 7.86. The highest BCUT2D eigenvalue weighted by molar-refractivity contribution is 6.62. The number of benzene rings is 1. The van der Waals surface area contributed by atoms with Gasteiger partial charge in [0.15, 0.2) is 0 Å². The predicted molar refractivity (Wildman–Crippen MR) is 71.7 cm³/mol. The summed E-state index contributed by atoms with van der Waals surface area (Å²) in [5.74, 6) is 0.507. The fourth-order valence-electron chi connectivity index (χ4n) is 1.80. The molecule has 1 fully saturated rings. The molecule has 1 aliphatic rings. The standard InChI is InChI=1S/C13H18BClO2/c1-12(2)13(3,4)17-14(16-12)11-7-5-6-10(8-11)9-15/h5-8H,9H2,1-4H3. The summed E-state index contributed by atoms with van der Waals surface area (Å²) in [5, 5.41) is 0. The number of rotatable bonds is 2. The zero-order valence-corrected chi connectivity index (χ0v) is 11.5. The van der Waals surface area contributed by atoms with E-state index in [0.717, 1.165) is 11.0 Å². The summed E-state index contributed by atoms with van der Waals surface area (Å²) in [7, 11) is -0.303. The van der Waals surface area contributed by atoms with Gasteiger partial charge in [0.05, 0.1) is 11.2 Å². The fourth-order valence-corrected chi connectivity index (χ4v) is 1.97. The molecule has 0 aliphatic carbocycles. The summed E-state index contributed by atoms with van der Waals surface area (Å²) in [6, 6.07) is 8.03. The minimum Gasteiger partial charge on any atom is -0.399 e. The molecule has 4 heteroatoms. The van der Waals surface area contributed by atoms with Crippen molar-refractivity contribution in [2.45, 2.75) is 44.8 Å². The van der Waals surface area contributed by atoms with E-state index in [0.29, 0.717) is 5.88 Å². The smallest absolute Gasteiger partial charge is 0.399 e. The minimum atomic E-state index is -0.303. The summed E-state index contributed by atoms with van der Waals surface area (Å²) in [4.78, 5) is 0. The Hall–Kier alpha value is -0.505. The van der Waals surface area contributed by atoms with Gasteiger partial charge in [-0.25, -0.2) is 0 Å². The van der Waals surface area contributed by atoms with E-state index in [1.54, 1.807) is 0 Å². The van der Waals surface area contributed by atoms with Gasteiger partial charge in [-0.15, -0.1) is 11.6 Å². The van der Waals surface area contributed by atoms with E-state index < -0.39 is 0 Å². The molecular formula is C13H18BClO2. The molecule has 92 valence electrons. The lowest BCUT2D eigenvalue weighted by molar-refractivity contribution is 0.00578. The van der Waals surface area contributed by atoms with Crippen LogP contribution in [0.3, 0.4) is 0 Å². The van der Waals surface area contributed by atoms with E-state index in [1.165, 1.54) is 0 Å². The van der Waals surface area contributed by atoms with Crippen LogP contribution in [0, 0.1) is 0 Å². The Morgan fingerprint density at radius 1 is 1.12 bits per heavy atom. The second-order valence-electron chi connectivity index (χ2n) is 5.47. The molecule has 1 aromatic rings. The van der Waals surface area contributed by atoms with Crippen molar-refractivity contribution in [3.8, 4) is 0 Å². The van der Waals surface area contributed by atoms with Crippen molar-refractivity contribution in [1.29, 1.82) is 0 Å². The molecule has 0 N–H and O–H groups in total. The molecule has 0 saturated carbocycles. The van der Waals surface area contributed by atoms with Crippen LogP contribution in [0.4, 0.5) is 0 Å². The van der Waals surface area contributed by atoms with Crippen LogP contribution >= 0.6 is 11.6 Å². The van der Waals surface area contributed by atoms with Gasteiger partial charge in [-0.2, -0.15) is 0 Å². The second kappa shape index (κ2) is 4.31. The Labute approximate surface area is 108 Å². The van der Waals surface area contributed by atoms with Crippen molar-refractivity contribution in [2.75, 3.05) is 0 Å². The Kier molecular flexibility index (Phi) is 3.28. The lowest BCUT2D eigenvalue weighted by Gasteiger charge is -2.32. The van der Waals surface area contributed by atoms with Crippen molar-refractivity contribution in [2.24, 2.45) is 0 Å². The zero-order chi connectivity index (χ0) is 12.7. The minimum absolute atomic E-state index is 0.297. The van der Waals surface area contributed by atoms with Gasteiger partial charge in [0.2, 0.25) is 0 Å². The summed E-state index contributed by atoms with van der Waals surface area (Å²) in [5.41, 5.74) is 1.52. The van der Waals surface area contributed by atoms with Gasteiger partial charge in [-0.1, -0.05) is 24.3 Å². The number of hydrogen-bond donors (Lipinski definition) is 0. The molecule has 0 unspecified atom stereocenters. The van der Waals surface area contributed by atoms with Gasteiger partial charge in [0.1, 0.15) is 0 Å². The summed E-state index contributed by atoms with van der Waals surface area (Å²) in [6.07, 6.45) is 0. The maximum atomic E-state index is 5.98. The zero-order valence-electron chi connectivity index (χ0n) is 10.8. The van der Waals surface area contributed by atoms with Crippen LogP contribution in [0.1, 0.15) is 33.3 Å². The van der Waals surface area contributed by atoms with Gasteiger partial charge in [0.25, 0.3) is 0 Å². The molecule has 0 radical (unpaired) electrons. The molecule has 0 bridgehead atoms. The molecular weight excluding hydrogens is 234 g/mol. The molecule has 17 heavy (non-hydrogen) atoms. The highest BCUT2D eigenvalue weighted by Gasteiger charge is 2.51. The molecule has 0 spiro atoms. The van der Waals surface area contributed by atoms with E-state index in [1.807, 2.05) is 24.3 Å². The van der Waals surface area contributed by atoms with Gasteiger partial charge in [0, 0.05) is 5.88 Å². The van der Waals surface area contributed by atoms with Crippen LogP contribution in [0.25, 0.3) is 0 Å². The van der Waals surface area contributed by atoms with E-state index in [9.17, 15) is 0 Å². The average molecular weight is 253 g/mol. The average Bonchev–Trinajstić information content (AvgIpc) is 2.48. The van der Waals surface area contributed by atoms with Crippen LogP contribution in [-0.4, -0.2) is 18.3 Å². The first-order valence-electron chi connectivity index (χ1n) is 5.86. The molecule has 1 heterocycles. The number of alkyl halides is 1. The molecule has 0 atom stereocenters. The first-order valence-corrected chi connectivity index (χ1v) is 6.40. The molecule has 2 rings (SSSR count). The summed E-state index contributed by atoms with van der Waals surface area (Å²) < 4.78 is 12.0. The SMILES string of the molecule is CC1(C)OB(c2cccc(CCl)c2)OC1(C)C. The number of halogens is 1. The first kappa shape index (κ1) is 12.9. The van der Waals surface area contributed by atoms with Crippen LogP contribution in [-0.2, 0) is 15.2 Å². The summed E-state index contributed by atoms with van der Waals surface area (Å²) in [6.45, 7) is 8.22. The molecule has 2 nitrogen and oxygen atoms in total. The van der Waals surface area contributed by atoms with E-state index in [-0.39, 0.29) is 18.3 Å². The molecule has 1 saturated heterocycles. The Morgan fingerprint density at radius 2 is 1.71 bits per heavy atom. The maximum Gasteiger partial charge on any atom is 0.494 e. The van der Waals surface area contributed by atoms with Crippen molar-refractivity contribution in [3.05, 3.63) is 29.8 Å². The van der Waals surface area contributed by atoms with E-state index in [2.05, 4.69) is 27.7 Å².